The molecule has 2 atom stereocenters. The molecule has 0 rings (SSSR count). The molecule has 0 aromatic carbocycles. The first kappa shape index (κ1) is 13.0. The first-order valence-electron chi connectivity index (χ1n) is 5.77. The van der Waals surface area contributed by atoms with Gasteiger partial charge in [-0.2, -0.15) is 0 Å². The zero-order valence-corrected chi connectivity index (χ0v) is 10.2. The fraction of sp³-hybridized carbons (Fsp3) is 1.00. The van der Waals surface area contributed by atoms with E-state index in [9.17, 15) is 0 Å². The highest BCUT2D eigenvalue weighted by Gasteiger charge is 2.24. The van der Waals surface area contributed by atoms with Crippen LogP contribution in [0.2, 0.25) is 0 Å². The van der Waals surface area contributed by atoms with Gasteiger partial charge in [0.2, 0.25) is 0 Å². The molecule has 1 heteroatoms. The van der Waals surface area contributed by atoms with E-state index in [2.05, 4.69) is 46.9 Å². The highest BCUT2D eigenvalue weighted by Crippen LogP contribution is 2.23. The second kappa shape index (κ2) is 6.42. The van der Waals surface area contributed by atoms with Gasteiger partial charge in [0.15, 0.2) is 0 Å². The highest BCUT2D eigenvalue weighted by molar-refractivity contribution is 4.79. The van der Waals surface area contributed by atoms with Crippen LogP contribution in [0.4, 0.5) is 0 Å². The van der Waals surface area contributed by atoms with Gasteiger partial charge in [0.05, 0.1) is 0 Å². The Morgan fingerprint density at radius 1 is 0.923 bits per heavy atom. The molecule has 0 saturated carbocycles. The average molecular weight is 185 g/mol. The Kier molecular flexibility index (Phi) is 6.40. The Morgan fingerprint density at radius 3 is 1.69 bits per heavy atom. The summed E-state index contributed by atoms with van der Waals surface area (Å²) in [5.41, 5.74) is 0. The molecule has 1 nitrogen and oxygen atoms in total. The normalized spacial score (nSPS) is 16.6. The van der Waals surface area contributed by atoms with Crippen LogP contribution >= 0.6 is 0 Å². The first-order valence-corrected chi connectivity index (χ1v) is 5.77. The van der Waals surface area contributed by atoms with Gasteiger partial charge in [-0.15, -0.1) is 0 Å². The van der Waals surface area contributed by atoms with Crippen molar-refractivity contribution in [2.24, 2.45) is 17.8 Å². The third-order valence-electron chi connectivity index (χ3n) is 2.95. The lowest BCUT2D eigenvalue weighted by atomic mass is 9.81. The summed E-state index contributed by atoms with van der Waals surface area (Å²) in [6.07, 6.45) is 1.29. The van der Waals surface area contributed by atoms with Gasteiger partial charge in [0, 0.05) is 6.04 Å². The maximum absolute atomic E-state index is 3.61. The van der Waals surface area contributed by atoms with Crippen LogP contribution in [0.25, 0.3) is 0 Å². The minimum Gasteiger partial charge on any atom is -0.314 e. The molecule has 0 aliphatic carbocycles. The van der Waals surface area contributed by atoms with Crippen molar-refractivity contribution in [3.8, 4) is 0 Å². The molecule has 0 saturated heterocycles. The van der Waals surface area contributed by atoms with Crippen LogP contribution in [0.15, 0.2) is 0 Å². The van der Waals surface area contributed by atoms with Gasteiger partial charge in [-0.1, -0.05) is 48.0 Å². The lowest BCUT2D eigenvalue weighted by Gasteiger charge is -2.33. The molecule has 0 amide bonds. The van der Waals surface area contributed by atoms with Crippen LogP contribution in [0.5, 0.6) is 0 Å². The van der Waals surface area contributed by atoms with E-state index in [0.717, 1.165) is 24.3 Å². The summed E-state index contributed by atoms with van der Waals surface area (Å²) >= 11 is 0. The largest absolute Gasteiger partial charge is 0.314 e. The van der Waals surface area contributed by atoms with Crippen LogP contribution in [0.3, 0.4) is 0 Å². The molecule has 0 spiro atoms. The van der Waals surface area contributed by atoms with E-state index in [4.69, 9.17) is 0 Å². The van der Waals surface area contributed by atoms with Crippen molar-refractivity contribution < 1.29 is 0 Å². The quantitative estimate of drug-likeness (QED) is 0.669. The highest BCUT2D eigenvalue weighted by atomic mass is 14.9. The Balaban J connectivity index is 4.29. The summed E-state index contributed by atoms with van der Waals surface area (Å²) in [5, 5.41) is 3.61. The van der Waals surface area contributed by atoms with Gasteiger partial charge in [-0.3, -0.25) is 0 Å². The molecule has 0 fully saturated rings. The van der Waals surface area contributed by atoms with Crippen LogP contribution in [0, 0.1) is 17.8 Å². The van der Waals surface area contributed by atoms with Gasteiger partial charge >= 0.3 is 0 Å². The summed E-state index contributed by atoms with van der Waals surface area (Å²) in [7, 11) is 0. The number of rotatable bonds is 6. The molecule has 0 aromatic rings. The van der Waals surface area contributed by atoms with Gasteiger partial charge in [-0.25, -0.2) is 0 Å². The van der Waals surface area contributed by atoms with Gasteiger partial charge in [0.25, 0.3) is 0 Å². The van der Waals surface area contributed by atoms with Crippen molar-refractivity contribution in [3.63, 3.8) is 0 Å². The van der Waals surface area contributed by atoms with E-state index in [1.54, 1.807) is 0 Å². The lowest BCUT2D eigenvalue weighted by Crippen LogP contribution is -2.42. The molecular weight excluding hydrogens is 158 g/mol. The second-order valence-electron chi connectivity index (χ2n) is 4.64. The van der Waals surface area contributed by atoms with Crippen LogP contribution in [-0.4, -0.2) is 12.6 Å². The van der Waals surface area contributed by atoms with Crippen molar-refractivity contribution in [3.05, 3.63) is 0 Å². The van der Waals surface area contributed by atoms with E-state index in [1.807, 2.05) is 0 Å². The van der Waals surface area contributed by atoms with Gasteiger partial charge in [0.1, 0.15) is 0 Å². The zero-order valence-electron chi connectivity index (χ0n) is 10.2. The average Bonchev–Trinajstić information content (AvgIpc) is 2.03. The van der Waals surface area contributed by atoms with E-state index >= 15 is 0 Å². The van der Waals surface area contributed by atoms with Gasteiger partial charge in [-0.05, 0) is 24.3 Å². The van der Waals surface area contributed by atoms with E-state index in [0.29, 0.717) is 6.04 Å². The molecule has 0 aliphatic heterocycles. The molecule has 0 aromatic heterocycles. The predicted octanol–water partition coefficient (Wildman–Crippen LogP) is 3.30. The standard InChI is InChI=1S/C12H27N/c1-7-11(9(3)4)12(10(5)6)13-8-2/h9-13H,7-8H2,1-6H3. The van der Waals surface area contributed by atoms with Crippen LogP contribution in [-0.2, 0) is 0 Å². The minimum atomic E-state index is 0.690. The fourth-order valence-corrected chi connectivity index (χ4v) is 2.26. The number of hydrogen-bond acceptors (Lipinski definition) is 1. The maximum Gasteiger partial charge on any atom is 0.0120 e. The minimum absolute atomic E-state index is 0.690. The number of nitrogens with one attached hydrogen (secondary N) is 1. The molecular formula is C12H27N. The van der Waals surface area contributed by atoms with Crippen molar-refractivity contribution in [2.75, 3.05) is 6.54 Å². The lowest BCUT2D eigenvalue weighted by molar-refractivity contribution is 0.222. The smallest absolute Gasteiger partial charge is 0.0120 e. The van der Waals surface area contributed by atoms with Gasteiger partial charge < -0.3 is 5.32 Å². The van der Waals surface area contributed by atoms with E-state index in [-0.39, 0.29) is 0 Å². The van der Waals surface area contributed by atoms with Crippen molar-refractivity contribution in [2.45, 2.75) is 54.0 Å². The molecule has 2 unspecified atom stereocenters. The second-order valence-corrected chi connectivity index (χ2v) is 4.64. The molecule has 80 valence electrons. The SMILES string of the molecule is CCNC(C(C)C)C(CC)C(C)C. The third kappa shape index (κ3) is 4.12. The topological polar surface area (TPSA) is 12.0 Å². The summed E-state index contributed by atoms with van der Waals surface area (Å²) in [4.78, 5) is 0. The van der Waals surface area contributed by atoms with E-state index < -0.39 is 0 Å². The first-order chi connectivity index (χ1) is 6.04. The Bertz CT molecular complexity index is 118. The van der Waals surface area contributed by atoms with Crippen LogP contribution < -0.4 is 5.32 Å². The molecule has 0 radical (unpaired) electrons. The molecule has 0 heterocycles. The van der Waals surface area contributed by atoms with Crippen molar-refractivity contribution in [1.29, 1.82) is 0 Å². The molecule has 0 bridgehead atoms. The number of hydrogen-bond donors (Lipinski definition) is 1. The fourth-order valence-electron chi connectivity index (χ4n) is 2.26. The molecule has 1 N–H and O–H groups in total. The van der Waals surface area contributed by atoms with Crippen molar-refractivity contribution in [1.82, 2.24) is 5.32 Å². The zero-order chi connectivity index (χ0) is 10.4. The maximum atomic E-state index is 3.61. The monoisotopic (exact) mass is 185 g/mol. The molecule has 13 heavy (non-hydrogen) atoms. The summed E-state index contributed by atoms with van der Waals surface area (Å²) in [6.45, 7) is 14.9. The summed E-state index contributed by atoms with van der Waals surface area (Å²) in [6, 6.07) is 0.690. The van der Waals surface area contributed by atoms with Crippen LogP contribution in [0.1, 0.15) is 48.0 Å². The Labute approximate surface area is 84.3 Å². The Morgan fingerprint density at radius 2 is 1.46 bits per heavy atom. The third-order valence-corrected chi connectivity index (χ3v) is 2.95. The summed E-state index contributed by atoms with van der Waals surface area (Å²) in [5.74, 6) is 2.35. The summed E-state index contributed by atoms with van der Waals surface area (Å²) < 4.78 is 0. The Hall–Kier alpha value is -0.0400. The van der Waals surface area contributed by atoms with E-state index in [1.165, 1.54) is 6.42 Å². The predicted molar refractivity (Wildman–Crippen MR) is 60.9 cm³/mol. The molecule has 0 aliphatic rings. The van der Waals surface area contributed by atoms with Crippen molar-refractivity contribution >= 4 is 0 Å².